The van der Waals surface area contributed by atoms with Crippen LogP contribution in [0.2, 0.25) is 0 Å². The Hall–Kier alpha value is -0.570. The number of aliphatic imine (C=N–C) groups is 1. The Balaban J connectivity index is 2.17. The van der Waals surface area contributed by atoms with Gasteiger partial charge in [0.25, 0.3) is 0 Å². The van der Waals surface area contributed by atoms with E-state index in [1.807, 2.05) is 6.92 Å². The van der Waals surface area contributed by atoms with Gasteiger partial charge in [0.05, 0.1) is 19.0 Å². The highest BCUT2D eigenvalue weighted by molar-refractivity contribution is 5.83. The van der Waals surface area contributed by atoms with E-state index in [2.05, 4.69) is 16.8 Å². The summed E-state index contributed by atoms with van der Waals surface area (Å²) in [7, 11) is 0. The number of hydrogen-bond acceptors (Lipinski definition) is 3. The van der Waals surface area contributed by atoms with Gasteiger partial charge in [-0.25, -0.2) is 0 Å². The van der Waals surface area contributed by atoms with Crippen molar-refractivity contribution in [2.45, 2.75) is 39.5 Å². The van der Waals surface area contributed by atoms with Gasteiger partial charge >= 0.3 is 0 Å². The molecule has 0 aromatic heterocycles. The van der Waals surface area contributed by atoms with Crippen molar-refractivity contribution in [3.8, 4) is 0 Å². The molecule has 1 heterocycles. The molecule has 0 unspecified atom stereocenters. The summed E-state index contributed by atoms with van der Waals surface area (Å²) in [6.07, 6.45) is 5.03. The lowest BCUT2D eigenvalue weighted by Crippen LogP contribution is -2.31. The molecule has 0 spiro atoms. The Morgan fingerprint density at radius 2 is 2.20 bits per heavy atom. The first kappa shape index (κ1) is 12.5. The van der Waals surface area contributed by atoms with Crippen molar-refractivity contribution >= 4 is 5.84 Å². The molecule has 0 amide bonds. The molecule has 0 saturated heterocycles. The summed E-state index contributed by atoms with van der Waals surface area (Å²) in [5.74, 6) is 1.31. The quantitative estimate of drug-likeness (QED) is 0.577. The second-order valence-electron chi connectivity index (χ2n) is 3.94. The largest absolute Gasteiger partial charge is 0.380 e. The highest BCUT2D eigenvalue weighted by Gasteiger charge is 2.15. The Kier molecular flexibility index (Phi) is 6.41. The summed E-state index contributed by atoms with van der Waals surface area (Å²) in [6.45, 7) is 9.02. The summed E-state index contributed by atoms with van der Waals surface area (Å²) in [6, 6.07) is 0. The monoisotopic (exact) mass is 212 g/mol. The van der Waals surface area contributed by atoms with Gasteiger partial charge in [-0.15, -0.1) is 0 Å². The minimum absolute atomic E-state index is 0.816. The van der Waals surface area contributed by atoms with E-state index in [0.717, 1.165) is 39.3 Å². The van der Waals surface area contributed by atoms with Crippen LogP contribution in [0.5, 0.6) is 0 Å². The molecule has 0 aromatic carbocycles. The lowest BCUT2D eigenvalue weighted by Gasteiger charge is -2.20. The van der Waals surface area contributed by atoms with E-state index in [-0.39, 0.29) is 0 Å². The van der Waals surface area contributed by atoms with E-state index in [4.69, 9.17) is 4.74 Å². The van der Waals surface area contributed by atoms with Crippen molar-refractivity contribution in [1.82, 2.24) is 4.90 Å². The fourth-order valence-electron chi connectivity index (χ4n) is 1.86. The third-order valence-electron chi connectivity index (χ3n) is 2.74. The molecule has 3 heteroatoms. The van der Waals surface area contributed by atoms with Crippen LogP contribution >= 0.6 is 0 Å². The van der Waals surface area contributed by atoms with Gasteiger partial charge in [-0.05, 0) is 13.3 Å². The number of hydrogen-bond donors (Lipinski definition) is 0. The molecule has 0 aliphatic carbocycles. The van der Waals surface area contributed by atoms with Crippen LogP contribution in [-0.2, 0) is 4.74 Å². The average Bonchev–Trinajstić information content (AvgIpc) is 2.67. The summed E-state index contributed by atoms with van der Waals surface area (Å²) in [4.78, 5) is 6.93. The van der Waals surface area contributed by atoms with Gasteiger partial charge in [0.15, 0.2) is 0 Å². The fourth-order valence-corrected chi connectivity index (χ4v) is 1.86. The van der Waals surface area contributed by atoms with E-state index >= 15 is 0 Å². The smallest absolute Gasteiger partial charge is 0.0991 e. The van der Waals surface area contributed by atoms with Gasteiger partial charge in [0, 0.05) is 26.1 Å². The van der Waals surface area contributed by atoms with Crippen LogP contribution in [0.4, 0.5) is 0 Å². The molecule has 0 atom stereocenters. The second-order valence-corrected chi connectivity index (χ2v) is 3.94. The summed E-state index contributed by atoms with van der Waals surface area (Å²) in [5.41, 5.74) is 0. The third kappa shape index (κ3) is 4.65. The number of unbranched alkanes of at least 4 members (excludes halogenated alkanes) is 2. The van der Waals surface area contributed by atoms with Crippen molar-refractivity contribution < 1.29 is 4.74 Å². The summed E-state index contributed by atoms with van der Waals surface area (Å²) < 4.78 is 5.37. The molecule has 3 nitrogen and oxygen atoms in total. The molecule has 0 aromatic rings. The highest BCUT2D eigenvalue weighted by atomic mass is 16.5. The third-order valence-corrected chi connectivity index (χ3v) is 2.74. The lowest BCUT2D eigenvalue weighted by atomic mass is 10.2. The zero-order valence-corrected chi connectivity index (χ0v) is 10.2. The zero-order chi connectivity index (χ0) is 10.9. The van der Waals surface area contributed by atoms with E-state index in [0.29, 0.717) is 0 Å². The van der Waals surface area contributed by atoms with Gasteiger partial charge in [0.1, 0.15) is 0 Å². The molecule has 0 fully saturated rings. The van der Waals surface area contributed by atoms with Crippen molar-refractivity contribution in [2.75, 3.05) is 32.8 Å². The molecule has 88 valence electrons. The molecular weight excluding hydrogens is 188 g/mol. The Morgan fingerprint density at radius 3 is 2.93 bits per heavy atom. The molecule has 0 bridgehead atoms. The maximum absolute atomic E-state index is 5.37. The Morgan fingerprint density at radius 1 is 1.33 bits per heavy atom. The average molecular weight is 212 g/mol. The molecule has 15 heavy (non-hydrogen) atoms. The first-order valence-electron chi connectivity index (χ1n) is 6.24. The summed E-state index contributed by atoms with van der Waals surface area (Å²) >= 11 is 0. The van der Waals surface area contributed by atoms with Gasteiger partial charge < -0.3 is 9.64 Å². The first-order valence-corrected chi connectivity index (χ1v) is 6.24. The standard InChI is InChI=1S/C12H24N2O/c1-3-5-6-7-12-13-8-9-14(12)10-11-15-4-2/h3-11H2,1-2H3. The van der Waals surface area contributed by atoms with Crippen molar-refractivity contribution in [2.24, 2.45) is 4.99 Å². The van der Waals surface area contributed by atoms with Gasteiger partial charge in [-0.1, -0.05) is 19.8 Å². The SMILES string of the molecule is CCCCCC1=NCCN1CCOCC. The minimum Gasteiger partial charge on any atom is -0.380 e. The first-order chi connectivity index (χ1) is 7.38. The normalized spacial score (nSPS) is 15.9. The molecule has 1 aliphatic heterocycles. The van der Waals surface area contributed by atoms with Gasteiger partial charge in [0.2, 0.25) is 0 Å². The van der Waals surface area contributed by atoms with Crippen LogP contribution in [0.3, 0.4) is 0 Å². The van der Waals surface area contributed by atoms with Gasteiger partial charge in [-0.3, -0.25) is 4.99 Å². The van der Waals surface area contributed by atoms with E-state index in [1.54, 1.807) is 0 Å². The molecule has 0 N–H and O–H groups in total. The zero-order valence-electron chi connectivity index (χ0n) is 10.2. The number of nitrogens with zero attached hydrogens (tertiary/aromatic N) is 2. The van der Waals surface area contributed by atoms with Crippen molar-refractivity contribution in [3.63, 3.8) is 0 Å². The van der Waals surface area contributed by atoms with Crippen molar-refractivity contribution in [1.29, 1.82) is 0 Å². The summed E-state index contributed by atoms with van der Waals surface area (Å²) in [5, 5.41) is 0. The second kappa shape index (κ2) is 7.69. The molecular formula is C12H24N2O. The fraction of sp³-hybridized carbons (Fsp3) is 0.917. The number of amidine groups is 1. The maximum atomic E-state index is 5.37. The van der Waals surface area contributed by atoms with Crippen LogP contribution in [0, 0.1) is 0 Å². The van der Waals surface area contributed by atoms with Crippen LogP contribution in [-0.4, -0.2) is 43.6 Å². The molecule has 0 saturated carbocycles. The topological polar surface area (TPSA) is 24.8 Å². The number of ether oxygens (including phenoxy) is 1. The lowest BCUT2D eigenvalue weighted by molar-refractivity contribution is 0.134. The van der Waals surface area contributed by atoms with Crippen LogP contribution in [0.25, 0.3) is 0 Å². The van der Waals surface area contributed by atoms with Crippen LogP contribution in [0.15, 0.2) is 4.99 Å². The predicted molar refractivity (Wildman–Crippen MR) is 64.5 cm³/mol. The van der Waals surface area contributed by atoms with E-state index in [1.165, 1.54) is 25.1 Å². The maximum Gasteiger partial charge on any atom is 0.0991 e. The van der Waals surface area contributed by atoms with Crippen LogP contribution < -0.4 is 0 Å². The molecule has 0 radical (unpaired) electrons. The molecule has 1 aliphatic rings. The van der Waals surface area contributed by atoms with E-state index < -0.39 is 0 Å². The van der Waals surface area contributed by atoms with Crippen LogP contribution in [0.1, 0.15) is 39.5 Å². The van der Waals surface area contributed by atoms with Crippen molar-refractivity contribution in [3.05, 3.63) is 0 Å². The Labute approximate surface area is 93.5 Å². The molecule has 1 rings (SSSR count). The Bertz CT molecular complexity index is 192. The highest BCUT2D eigenvalue weighted by Crippen LogP contribution is 2.09. The van der Waals surface area contributed by atoms with E-state index in [9.17, 15) is 0 Å². The minimum atomic E-state index is 0.816. The predicted octanol–water partition coefficient (Wildman–Crippen LogP) is 2.32. The van der Waals surface area contributed by atoms with Gasteiger partial charge in [-0.2, -0.15) is 0 Å². The number of rotatable bonds is 8.